The number of aromatic nitrogens is 2. The molecule has 0 bridgehead atoms. The van der Waals surface area contributed by atoms with Gasteiger partial charge in [-0.15, -0.1) is 0 Å². The standard InChI is InChI=1S/C11H18ClN3/c1-13-7-6-9-14-10(11(12)15-9)8-4-2-3-5-8/h8,13H,2-7H2,1H3,(H,14,15). The normalized spacial score (nSPS) is 17.5. The van der Waals surface area contributed by atoms with Crippen molar-refractivity contribution in [3.8, 4) is 0 Å². The molecule has 4 heteroatoms. The quantitative estimate of drug-likeness (QED) is 0.830. The summed E-state index contributed by atoms with van der Waals surface area (Å²) in [6.45, 7) is 0.938. The molecule has 0 aromatic carbocycles. The largest absolute Gasteiger partial charge is 0.344 e. The number of nitrogens with zero attached hydrogens (tertiary/aromatic N) is 1. The maximum absolute atomic E-state index is 6.14. The van der Waals surface area contributed by atoms with E-state index < -0.39 is 0 Å². The third kappa shape index (κ3) is 2.52. The predicted octanol–water partition coefficient (Wildman–Crippen LogP) is 2.48. The molecule has 1 aliphatic carbocycles. The van der Waals surface area contributed by atoms with Crippen molar-refractivity contribution in [3.05, 3.63) is 16.7 Å². The van der Waals surface area contributed by atoms with E-state index in [9.17, 15) is 0 Å². The highest BCUT2D eigenvalue weighted by Gasteiger charge is 2.22. The van der Waals surface area contributed by atoms with Crippen LogP contribution < -0.4 is 5.32 Å². The van der Waals surface area contributed by atoms with Gasteiger partial charge >= 0.3 is 0 Å². The Morgan fingerprint density at radius 3 is 2.87 bits per heavy atom. The van der Waals surface area contributed by atoms with E-state index in [-0.39, 0.29) is 0 Å². The molecule has 1 aliphatic rings. The lowest BCUT2D eigenvalue weighted by Gasteiger charge is -2.05. The number of rotatable bonds is 4. The van der Waals surface area contributed by atoms with Gasteiger partial charge in [-0.2, -0.15) is 0 Å². The molecule has 0 spiro atoms. The summed E-state index contributed by atoms with van der Waals surface area (Å²) in [4.78, 5) is 7.74. The number of halogens is 1. The molecule has 15 heavy (non-hydrogen) atoms. The van der Waals surface area contributed by atoms with E-state index in [0.29, 0.717) is 11.1 Å². The second kappa shape index (κ2) is 4.99. The summed E-state index contributed by atoms with van der Waals surface area (Å²) in [5.74, 6) is 1.63. The fraction of sp³-hybridized carbons (Fsp3) is 0.727. The van der Waals surface area contributed by atoms with Crippen LogP contribution in [0.3, 0.4) is 0 Å². The molecule has 1 fully saturated rings. The van der Waals surface area contributed by atoms with Crippen LogP contribution in [0.1, 0.15) is 43.1 Å². The highest BCUT2D eigenvalue weighted by molar-refractivity contribution is 6.30. The summed E-state index contributed by atoms with van der Waals surface area (Å²) >= 11 is 6.14. The highest BCUT2D eigenvalue weighted by Crippen LogP contribution is 2.36. The zero-order chi connectivity index (χ0) is 10.7. The van der Waals surface area contributed by atoms with Gasteiger partial charge < -0.3 is 10.3 Å². The van der Waals surface area contributed by atoms with Crippen molar-refractivity contribution in [2.24, 2.45) is 0 Å². The third-order valence-corrected chi connectivity index (χ3v) is 3.40. The van der Waals surface area contributed by atoms with E-state index in [1.807, 2.05) is 7.05 Å². The van der Waals surface area contributed by atoms with E-state index in [1.165, 1.54) is 31.4 Å². The van der Waals surface area contributed by atoms with Gasteiger partial charge in [-0.1, -0.05) is 24.4 Å². The van der Waals surface area contributed by atoms with Gasteiger partial charge in [0.1, 0.15) is 5.82 Å². The number of hydrogen-bond acceptors (Lipinski definition) is 2. The lowest BCUT2D eigenvalue weighted by Crippen LogP contribution is -2.11. The predicted molar refractivity (Wildman–Crippen MR) is 62.4 cm³/mol. The van der Waals surface area contributed by atoms with E-state index in [1.54, 1.807) is 0 Å². The number of imidazole rings is 1. The fourth-order valence-corrected chi connectivity index (χ4v) is 2.56. The van der Waals surface area contributed by atoms with E-state index in [0.717, 1.165) is 18.8 Å². The van der Waals surface area contributed by atoms with Crippen molar-refractivity contribution in [2.75, 3.05) is 13.6 Å². The number of nitrogens with one attached hydrogen (secondary N) is 2. The fourth-order valence-electron chi connectivity index (χ4n) is 2.26. The average Bonchev–Trinajstić information content (AvgIpc) is 2.83. The monoisotopic (exact) mass is 227 g/mol. The van der Waals surface area contributed by atoms with Crippen LogP contribution in [0.15, 0.2) is 0 Å². The SMILES string of the molecule is CNCCc1nc(Cl)c(C2CCCC2)[nH]1. The molecule has 0 atom stereocenters. The van der Waals surface area contributed by atoms with Gasteiger partial charge in [-0.25, -0.2) is 4.98 Å². The van der Waals surface area contributed by atoms with E-state index in [2.05, 4.69) is 15.3 Å². The second-order valence-corrected chi connectivity index (χ2v) is 4.58. The van der Waals surface area contributed by atoms with Gasteiger partial charge in [-0.05, 0) is 19.9 Å². The lowest BCUT2D eigenvalue weighted by molar-refractivity contribution is 0.695. The first kappa shape index (κ1) is 11.0. The lowest BCUT2D eigenvalue weighted by atomic mass is 10.1. The van der Waals surface area contributed by atoms with Gasteiger partial charge in [0.2, 0.25) is 0 Å². The molecule has 84 valence electrons. The topological polar surface area (TPSA) is 40.7 Å². The summed E-state index contributed by atoms with van der Waals surface area (Å²) in [5.41, 5.74) is 1.17. The van der Waals surface area contributed by atoms with E-state index in [4.69, 9.17) is 11.6 Å². The van der Waals surface area contributed by atoms with Crippen molar-refractivity contribution in [1.82, 2.24) is 15.3 Å². The minimum absolute atomic E-state index is 0.619. The molecule has 0 amide bonds. The number of hydrogen-bond donors (Lipinski definition) is 2. The van der Waals surface area contributed by atoms with Crippen LogP contribution in [0.25, 0.3) is 0 Å². The van der Waals surface area contributed by atoms with Crippen molar-refractivity contribution < 1.29 is 0 Å². The smallest absolute Gasteiger partial charge is 0.150 e. The van der Waals surface area contributed by atoms with Gasteiger partial charge in [0.05, 0.1) is 5.69 Å². The highest BCUT2D eigenvalue weighted by atomic mass is 35.5. The first-order chi connectivity index (χ1) is 7.31. The Labute approximate surface area is 95.6 Å². The molecule has 0 aliphatic heterocycles. The molecule has 1 saturated carbocycles. The van der Waals surface area contributed by atoms with Gasteiger partial charge in [0, 0.05) is 18.9 Å². The van der Waals surface area contributed by atoms with Crippen molar-refractivity contribution in [3.63, 3.8) is 0 Å². The second-order valence-electron chi connectivity index (χ2n) is 4.22. The minimum Gasteiger partial charge on any atom is -0.344 e. The average molecular weight is 228 g/mol. The molecule has 0 radical (unpaired) electrons. The Bertz CT molecular complexity index is 316. The Balaban J connectivity index is 2.06. The molecule has 0 saturated heterocycles. The van der Waals surface area contributed by atoms with Gasteiger partial charge in [0.15, 0.2) is 5.15 Å². The van der Waals surface area contributed by atoms with E-state index >= 15 is 0 Å². The Hall–Kier alpha value is -0.540. The molecule has 2 N–H and O–H groups in total. The Kier molecular flexibility index (Phi) is 3.65. The summed E-state index contributed by atoms with van der Waals surface area (Å²) < 4.78 is 0. The minimum atomic E-state index is 0.619. The zero-order valence-electron chi connectivity index (χ0n) is 9.15. The maximum Gasteiger partial charge on any atom is 0.150 e. The van der Waals surface area contributed by atoms with Crippen molar-refractivity contribution in [2.45, 2.75) is 38.0 Å². The number of aromatic amines is 1. The number of likely N-dealkylation sites (N-methyl/N-ethyl adjacent to an activating group) is 1. The molecule has 1 aromatic heterocycles. The number of H-pyrrole nitrogens is 1. The Morgan fingerprint density at radius 2 is 2.20 bits per heavy atom. The first-order valence-corrected chi connectivity index (χ1v) is 6.08. The van der Waals surface area contributed by atoms with Gasteiger partial charge in [-0.3, -0.25) is 0 Å². The van der Waals surface area contributed by atoms with Crippen LogP contribution in [-0.4, -0.2) is 23.6 Å². The molecular weight excluding hydrogens is 210 g/mol. The summed E-state index contributed by atoms with van der Waals surface area (Å²) in [5, 5.41) is 3.80. The molecule has 2 rings (SSSR count). The van der Waals surface area contributed by atoms with Crippen LogP contribution in [-0.2, 0) is 6.42 Å². The summed E-state index contributed by atoms with van der Waals surface area (Å²) in [7, 11) is 1.95. The first-order valence-electron chi connectivity index (χ1n) is 5.70. The van der Waals surface area contributed by atoms with Crippen molar-refractivity contribution >= 4 is 11.6 Å². The molecular formula is C11H18ClN3. The summed E-state index contributed by atoms with van der Waals surface area (Å²) in [6, 6.07) is 0. The van der Waals surface area contributed by atoms with Crippen LogP contribution in [0, 0.1) is 0 Å². The zero-order valence-corrected chi connectivity index (χ0v) is 9.90. The van der Waals surface area contributed by atoms with Crippen LogP contribution in [0.5, 0.6) is 0 Å². The molecule has 3 nitrogen and oxygen atoms in total. The van der Waals surface area contributed by atoms with Crippen LogP contribution in [0.2, 0.25) is 5.15 Å². The molecule has 1 heterocycles. The Morgan fingerprint density at radius 1 is 1.47 bits per heavy atom. The molecule has 0 unspecified atom stereocenters. The molecule has 1 aromatic rings. The maximum atomic E-state index is 6.14. The summed E-state index contributed by atoms with van der Waals surface area (Å²) in [6.07, 6.45) is 6.08. The van der Waals surface area contributed by atoms with Crippen molar-refractivity contribution in [1.29, 1.82) is 0 Å². The van der Waals surface area contributed by atoms with Gasteiger partial charge in [0.25, 0.3) is 0 Å². The van der Waals surface area contributed by atoms with Crippen LogP contribution in [0.4, 0.5) is 0 Å². The third-order valence-electron chi connectivity index (χ3n) is 3.11. The van der Waals surface area contributed by atoms with Crippen LogP contribution >= 0.6 is 11.6 Å².